The minimum absolute atomic E-state index is 0.297. The summed E-state index contributed by atoms with van der Waals surface area (Å²) in [6, 6.07) is 0.658. The molecule has 3 nitrogen and oxygen atoms in total. The SMILES string of the molecule is CCC1CC(NCC2CC2)CN(CCO)C1. The van der Waals surface area contributed by atoms with Crippen LogP contribution in [0.2, 0.25) is 0 Å². The van der Waals surface area contributed by atoms with Crippen molar-refractivity contribution >= 4 is 0 Å². The number of nitrogens with zero attached hydrogens (tertiary/aromatic N) is 1. The van der Waals surface area contributed by atoms with Crippen molar-refractivity contribution in [1.82, 2.24) is 10.2 Å². The lowest BCUT2D eigenvalue weighted by Crippen LogP contribution is -2.50. The van der Waals surface area contributed by atoms with Gasteiger partial charge in [0.15, 0.2) is 0 Å². The number of nitrogens with one attached hydrogen (secondary N) is 1. The molecule has 3 heteroatoms. The smallest absolute Gasteiger partial charge is 0.0558 e. The maximum Gasteiger partial charge on any atom is 0.0558 e. The molecule has 1 heterocycles. The molecular formula is C13H26N2O. The molecular weight excluding hydrogens is 200 g/mol. The molecule has 2 fully saturated rings. The molecule has 0 aromatic heterocycles. The van der Waals surface area contributed by atoms with Crippen LogP contribution in [0.4, 0.5) is 0 Å². The molecule has 2 N–H and O–H groups in total. The Morgan fingerprint density at radius 3 is 2.69 bits per heavy atom. The van der Waals surface area contributed by atoms with E-state index in [1.54, 1.807) is 0 Å². The van der Waals surface area contributed by atoms with E-state index in [0.717, 1.165) is 24.9 Å². The molecule has 16 heavy (non-hydrogen) atoms. The van der Waals surface area contributed by atoms with Crippen LogP contribution in [0.25, 0.3) is 0 Å². The van der Waals surface area contributed by atoms with E-state index in [2.05, 4.69) is 17.1 Å². The van der Waals surface area contributed by atoms with Crippen molar-refractivity contribution in [2.75, 3.05) is 32.8 Å². The summed E-state index contributed by atoms with van der Waals surface area (Å²) in [4.78, 5) is 2.42. The minimum atomic E-state index is 0.297. The molecule has 0 radical (unpaired) electrons. The molecule has 0 bridgehead atoms. The molecule has 0 amide bonds. The van der Waals surface area contributed by atoms with Gasteiger partial charge in [0.2, 0.25) is 0 Å². The van der Waals surface area contributed by atoms with E-state index in [-0.39, 0.29) is 0 Å². The van der Waals surface area contributed by atoms with Crippen molar-refractivity contribution in [1.29, 1.82) is 0 Å². The molecule has 2 unspecified atom stereocenters. The van der Waals surface area contributed by atoms with Crippen LogP contribution in [0.15, 0.2) is 0 Å². The van der Waals surface area contributed by atoms with Gasteiger partial charge in [0.1, 0.15) is 0 Å². The number of hydrogen-bond acceptors (Lipinski definition) is 3. The molecule has 2 aliphatic rings. The molecule has 1 aliphatic carbocycles. The van der Waals surface area contributed by atoms with Crippen LogP contribution >= 0.6 is 0 Å². The van der Waals surface area contributed by atoms with E-state index in [0.29, 0.717) is 12.6 Å². The second kappa shape index (κ2) is 5.99. The fraction of sp³-hybridized carbons (Fsp3) is 1.00. The zero-order chi connectivity index (χ0) is 11.4. The summed E-state index contributed by atoms with van der Waals surface area (Å²) < 4.78 is 0. The van der Waals surface area contributed by atoms with Crippen LogP contribution in [0, 0.1) is 11.8 Å². The lowest BCUT2D eigenvalue weighted by molar-refractivity contribution is 0.114. The van der Waals surface area contributed by atoms with E-state index in [9.17, 15) is 0 Å². The maximum absolute atomic E-state index is 9.03. The summed E-state index contributed by atoms with van der Waals surface area (Å²) in [5.41, 5.74) is 0. The third-order valence-corrected chi connectivity index (χ3v) is 4.00. The first-order valence-electron chi connectivity index (χ1n) is 6.88. The summed E-state index contributed by atoms with van der Waals surface area (Å²) in [7, 11) is 0. The standard InChI is InChI=1S/C13H26N2O/c1-2-11-7-13(14-8-12-3-4-12)10-15(9-11)5-6-16/h11-14,16H,2-10H2,1H3. The zero-order valence-corrected chi connectivity index (χ0v) is 10.5. The molecule has 1 aliphatic heterocycles. The van der Waals surface area contributed by atoms with Crippen LogP contribution in [0.3, 0.4) is 0 Å². The van der Waals surface area contributed by atoms with E-state index < -0.39 is 0 Å². The van der Waals surface area contributed by atoms with Gasteiger partial charge in [0.25, 0.3) is 0 Å². The normalized spacial score (nSPS) is 31.9. The van der Waals surface area contributed by atoms with Gasteiger partial charge in [-0.3, -0.25) is 4.90 Å². The monoisotopic (exact) mass is 226 g/mol. The summed E-state index contributed by atoms with van der Waals surface area (Å²) in [6.45, 7) is 6.95. The lowest BCUT2D eigenvalue weighted by Gasteiger charge is -2.37. The van der Waals surface area contributed by atoms with Crippen LogP contribution in [0.5, 0.6) is 0 Å². The highest BCUT2D eigenvalue weighted by Crippen LogP contribution is 2.28. The Bertz CT molecular complexity index is 206. The van der Waals surface area contributed by atoms with Gasteiger partial charge < -0.3 is 10.4 Å². The fourth-order valence-electron chi connectivity index (χ4n) is 2.73. The molecule has 0 spiro atoms. The third-order valence-electron chi connectivity index (χ3n) is 4.00. The summed E-state index contributed by atoms with van der Waals surface area (Å²) in [6.07, 6.45) is 5.45. The van der Waals surface area contributed by atoms with E-state index in [4.69, 9.17) is 5.11 Å². The van der Waals surface area contributed by atoms with Crippen molar-refractivity contribution in [3.63, 3.8) is 0 Å². The van der Waals surface area contributed by atoms with E-state index in [1.165, 1.54) is 38.8 Å². The average molecular weight is 226 g/mol. The van der Waals surface area contributed by atoms with Gasteiger partial charge in [-0.2, -0.15) is 0 Å². The lowest BCUT2D eigenvalue weighted by atomic mass is 9.92. The van der Waals surface area contributed by atoms with Gasteiger partial charge in [0.05, 0.1) is 6.61 Å². The second-order valence-corrected chi connectivity index (χ2v) is 5.54. The summed E-state index contributed by atoms with van der Waals surface area (Å²) in [5.74, 6) is 1.78. The van der Waals surface area contributed by atoms with Gasteiger partial charge >= 0.3 is 0 Å². The molecule has 94 valence electrons. The molecule has 1 saturated heterocycles. The first-order valence-corrected chi connectivity index (χ1v) is 6.88. The Balaban J connectivity index is 1.75. The first-order chi connectivity index (χ1) is 7.81. The van der Waals surface area contributed by atoms with Crippen molar-refractivity contribution < 1.29 is 5.11 Å². The highest BCUT2D eigenvalue weighted by Gasteiger charge is 2.28. The highest BCUT2D eigenvalue weighted by atomic mass is 16.3. The van der Waals surface area contributed by atoms with Crippen molar-refractivity contribution in [2.45, 2.75) is 38.6 Å². The Morgan fingerprint density at radius 2 is 2.06 bits per heavy atom. The third kappa shape index (κ3) is 3.72. The van der Waals surface area contributed by atoms with Crippen molar-refractivity contribution in [3.8, 4) is 0 Å². The van der Waals surface area contributed by atoms with Crippen molar-refractivity contribution in [2.24, 2.45) is 11.8 Å². The number of aliphatic hydroxyl groups excluding tert-OH is 1. The van der Waals surface area contributed by atoms with Gasteiger partial charge in [-0.25, -0.2) is 0 Å². The number of aliphatic hydroxyl groups is 1. The molecule has 2 rings (SSSR count). The quantitative estimate of drug-likeness (QED) is 0.711. The van der Waals surface area contributed by atoms with Crippen LogP contribution < -0.4 is 5.32 Å². The van der Waals surface area contributed by atoms with Gasteiger partial charge in [-0.15, -0.1) is 0 Å². The molecule has 0 aromatic carbocycles. The predicted octanol–water partition coefficient (Wildman–Crippen LogP) is 1.08. The number of likely N-dealkylation sites (tertiary alicyclic amines) is 1. The summed E-state index contributed by atoms with van der Waals surface area (Å²) >= 11 is 0. The predicted molar refractivity (Wildman–Crippen MR) is 66.4 cm³/mol. The number of piperidine rings is 1. The first kappa shape index (κ1) is 12.3. The highest BCUT2D eigenvalue weighted by molar-refractivity contribution is 4.85. The van der Waals surface area contributed by atoms with Gasteiger partial charge in [-0.1, -0.05) is 13.3 Å². The van der Waals surface area contributed by atoms with E-state index in [1.807, 2.05) is 0 Å². The Hall–Kier alpha value is -0.120. The average Bonchev–Trinajstić information content (AvgIpc) is 3.10. The van der Waals surface area contributed by atoms with E-state index >= 15 is 0 Å². The Kier molecular flexibility index (Phi) is 4.62. The Labute approximate surface area is 99.2 Å². The molecule has 1 saturated carbocycles. The minimum Gasteiger partial charge on any atom is -0.395 e. The topological polar surface area (TPSA) is 35.5 Å². The van der Waals surface area contributed by atoms with Crippen LogP contribution in [0.1, 0.15) is 32.6 Å². The number of hydrogen-bond donors (Lipinski definition) is 2. The van der Waals surface area contributed by atoms with Crippen LogP contribution in [-0.4, -0.2) is 48.8 Å². The second-order valence-electron chi connectivity index (χ2n) is 5.54. The van der Waals surface area contributed by atoms with Crippen LogP contribution in [-0.2, 0) is 0 Å². The number of rotatable bonds is 6. The molecule has 2 atom stereocenters. The number of β-amino-alcohol motifs (C(OH)–C–C–N with tert-alkyl or cyclic N) is 1. The van der Waals surface area contributed by atoms with Gasteiger partial charge in [-0.05, 0) is 37.6 Å². The summed E-state index contributed by atoms with van der Waals surface area (Å²) in [5, 5.41) is 12.7. The zero-order valence-electron chi connectivity index (χ0n) is 10.5. The Morgan fingerprint density at radius 1 is 1.25 bits per heavy atom. The molecule has 0 aromatic rings. The van der Waals surface area contributed by atoms with Crippen molar-refractivity contribution in [3.05, 3.63) is 0 Å². The largest absolute Gasteiger partial charge is 0.395 e. The fourth-order valence-corrected chi connectivity index (χ4v) is 2.73. The maximum atomic E-state index is 9.03. The van der Waals surface area contributed by atoms with Gasteiger partial charge in [0, 0.05) is 25.7 Å².